The summed E-state index contributed by atoms with van der Waals surface area (Å²) in [7, 11) is 0. The number of nitrogens with zero attached hydrogens (tertiary/aromatic N) is 5. The van der Waals surface area contributed by atoms with Crippen LogP contribution in [0, 0.1) is 0 Å². The molecule has 1 amide bonds. The van der Waals surface area contributed by atoms with Crippen molar-refractivity contribution in [1.29, 1.82) is 0 Å². The molecule has 0 aliphatic rings. The molecular weight excluding hydrogens is 354 g/mol. The molecule has 9 nitrogen and oxygen atoms in total. The molecule has 3 aromatic rings. The Balaban J connectivity index is 1.79. The number of aromatic nitrogens is 5. The zero-order valence-corrected chi connectivity index (χ0v) is 15.0. The van der Waals surface area contributed by atoms with E-state index in [1.807, 2.05) is 44.2 Å². The Morgan fingerprint density at radius 2 is 2.00 bits per heavy atom. The van der Waals surface area contributed by atoms with Crippen LogP contribution in [0.25, 0.3) is 0 Å². The first-order valence-electron chi connectivity index (χ1n) is 7.88. The molecule has 0 aliphatic heterocycles. The number of benzene rings is 1. The summed E-state index contributed by atoms with van der Waals surface area (Å²) in [5.41, 5.74) is 2.57. The Morgan fingerprint density at radius 3 is 2.69 bits per heavy atom. The fourth-order valence-electron chi connectivity index (χ4n) is 1.96. The van der Waals surface area contributed by atoms with Crippen molar-refractivity contribution in [2.75, 3.05) is 10.6 Å². The summed E-state index contributed by atoms with van der Waals surface area (Å²) in [4.78, 5) is 24.8. The molecule has 0 aliphatic carbocycles. The van der Waals surface area contributed by atoms with Crippen LogP contribution >= 0.6 is 11.3 Å². The van der Waals surface area contributed by atoms with Gasteiger partial charge < -0.3 is 10.1 Å². The number of anilines is 2. The molecule has 2 aromatic heterocycles. The molecule has 10 heteroatoms. The summed E-state index contributed by atoms with van der Waals surface area (Å²) in [5, 5.41) is 13.5. The first-order valence-corrected chi connectivity index (χ1v) is 8.76. The molecule has 2 N–H and O–H groups in total. The molecule has 0 bridgehead atoms. The standard InChI is InChI=1S/C16H17N7O2S/c1-10(2)25-15-20-12(13(24)21-16-23-18-9-26-16)19-14(22-15)17-8-11-6-4-3-5-7-11/h3-7,9-10H,8H2,1-2H3,(H,21,23,24)(H,17,19,20,22). The zero-order valence-electron chi connectivity index (χ0n) is 14.2. The van der Waals surface area contributed by atoms with Gasteiger partial charge in [0.2, 0.25) is 16.9 Å². The lowest BCUT2D eigenvalue weighted by molar-refractivity contribution is 0.101. The molecule has 0 saturated heterocycles. The summed E-state index contributed by atoms with van der Waals surface area (Å²) in [6.45, 7) is 4.20. The van der Waals surface area contributed by atoms with Crippen LogP contribution in [-0.4, -0.2) is 37.2 Å². The highest BCUT2D eigenvalue weighted by Gasteiger charge is 2.16. The summed E-state index contributed by atoms with van der Waals surface area (Å²) >= 11 is 1.20. The van der Waals surface area contributed by atoms with E-state index in [-0.39, 0.29) is 23.9 Å². The third-order valence-electron chi connectivity index (χ3n) is 3.03. The van der Waals surface area contributed by atoms with E-state index >= 15 is 0 Å². The van der Waals surface area contributed by atoms with E-state index in [2.05, 4.69) is 35.8 Å². The first-order chi connectivity index (χ1) is 12.6. The number of hydrogen-bond donors (Lipinski definition) is 2. The van der Waals surface area contributed by atoms with Gasteiger partial charge in [-0.1, -0.05) is 41.7 Å². The molecule has 0 radical (unpaired) electrons. The lowest BCUT2D eigenvalue weighted by atomic mass is 10.2. The monoisotopic (exact) mass is 371 g/mol. The zero-order chi connectivity index (χ0) is 18.4. The van der Waals surface area contributed by atoms with Crippen LogP contribution in [0.5, 0.6) is 6.01 Å². The second-order valence-electron chi connectivity index (χ2n) is 5.47. The minimum absolute atomic E-state index is 0.0681. The number of ether oxygens (including phenoxy) is 1. The van der Waals surface area contributed by atoms with Gasteiger partial charge in [-0.2, -0.15) is 15.0 Å². The van der Waals surface area contributed by atoms with Gasteiger partial charge in [0.1, 0.15) is 5.51 Å². The average Bonchev–Trinajstić information content (AvgIpc) is 3.13. The fourth-order valence-corrected chi connectivity index (χ4v) is 2.40. The van der Waals surface area contributed by atoms with E-state index in [1.54, 1.807) is 0 Å². The number of rotatable bonds is 7. The van der Waals surface area contributed by atoms with E-state index in [4.69, 9.17) is 4.74 Å². The second kappa shape index (κ2) is 8.30. The van der Waals surface area contributed by atoms with Crippen molar-refractivity contribution in [1.82, 2.24) is 25.1 Å². The molecule has 0 saturated carbocycles. The Kier molecular flexibility index (Phi) is 5.64. The molecule has 3 rings (SSSR count). The van der Waals surface area contributed by atoms with Crippen molar-refractivity contribution >= 4 is 28.3 Å². The van der Waals surface area contributed by atoms with Gasteiger partial charge in [-0.05, 0) is 19.4 Å². The van der Waals surface area contributed by atoms with Gasteiger partial charge in [0.15, 0.2) is 0 Å². The van der Waals surface area contributed by atoms with Crippen LogP contribution in [0.2, 0.25) is 0 Å². The summed E-state index contributed by atoms with van der Waals surface area (Å²) in [6, 6.07) is 9.85. The van der Waals surface area contributed by atoms with E-state index in [1.165, 1.54) is 16.8 Å². The molecule has 26 heavy (non-hydrogen) atoms. The summed E-state index contributed by atoms with van der Waals surface area (Å²) in [5.74, 6) is -0.330. The van der Waals surface area contributed by atoms with Crippen LogP contribution in [0.1, 0.15) is 30.0 Å². The maximum absolute atomic E-state index is 12.4. The number of carbonyl (C=O) groups is 1. The Morgan fingerprint density at radius 1 is 1.19 bits per heavy atom. The Bertz CT molecular complexity index is 856. The predicted octanol–water partition coefficient (Wildman–Crippen LogP) is 2.37. The molecule has 1 aromatic carbocycles. The lowest BCUT2D eigenvalue weighted by Gasteiger charge is -2.11. The van der Waals surface area contributed by atoms with E-state index < -0.39 is 5.91 Å². The molecule has 134 valence electrons. The predicted molar refractivity (Wildman–Crippen MR) is 97.2 cm³/mol. The third-order valence-corrected chi connectivity index (χ3v) is 3.64. The van der Waals surface area contributed by atoms with E-state index in [0.717, 1.165) is 5.56 Å². The summed E-state index contributed by atoms with van der Waals surface area (Å²) < 4.78 is 5.53. The minimum atomic E-state index is -0.513. The van der Waals surface area contributed by atoms with E-state index in [9.17, 15) is 4.79 Å². The SMILES string of the molecule is CC(C)Oc1nc(NCc2ccccc2)nc(C(=O)Nc2nncs2)n1. The van der Waals surface area contributed by atoms with Crippen molar-refractivity contribution in [3.8, 4) is 6.01 Å². The quantitative estimate of drug-likeness (QED) is 0.650. The molecule has 0 fully saturated rings. The molecule has 0 spiro atoms. The highest BCUT2D eigenvalue weighted by atomic mass is 32.1. The maximum Gasteiger partial charge on any atom is 0.322 e. The van der Waals surface area contributed by atoms with Gasteiger partial charge in [0.05, 0.1) is 6.10 Å². The maximum atomic E-state index is 12.4. The normalized spacial score (nSPS) is 10.6. The third kappa shape index (κ3) is 4.93. The van der Waals surface area contributed by atoms with Gasteiger partial charge in [-0.25, -0.2) is 0 Å². The molecular formula is C16H17N7O2S. The summed E-state index contributed by atoms with van der Waals surface area (Å²) in [6.07, 6.45) is -0.140. The Labute approximate surface area is 153 Å². The lowest BCUT2D eigenvalue weighted by Crippen LogP contribution is -2.19. The van der Waals surface area contributed by atoms with Crippen molar-refractivity contribution in [2.24, 2.45) is 0 Å². The van der Waals surface area contributed by atoms with Crippen LogP contribution in [0.15, 0.2) is 35.8 Å². The smallest absolute Gasteiger partial charge is 0.322 e. The van der Waals surface area contributed by atoms with Crippen LogP contribution in [0.3, 0.4) is 0 Å². The molecule has 0 atom stereocenters. The van der Waals surface area contributed by atoms with Crippen molar-refractivity contribution < 1.29 is 9.53 Å². The van der Waals surface area contributed by atoms with Crippen molar-refractivity contribution in [3.05, 3.63) is 47.2 Å². The highest BCUT2D eigenvalue weighted by Crippen LogP contribution is 2.14. The van der Waals surface area contributed by atoms with Gasteiger partial charge in [0, 0.05) is 6.54 Å². The number of nitrogens with one attached hydrogen (secondary N) is 2. The van der Waals surface area contributed by atoms with Gasteiger partial charge in [0.25, 0.3) is 5.91 Å². The fraction of sp³-hybridized carbons (Fsp3) is 0.250. The molecule has 2 heterocycles. The highest BCUT2D eigenvalue weighted by molar-refractivity contribution is 7.13. The van der Waals surface area contributed by atoms with Gasteiger partial charge >= 0.3 is 6.01 Å². The minimum Gasteiger partial charge on any atom is -0.461 e. The van der Waals surface area contributed by atoms with Crippen LogP contribution < -0.4 is 15.4 Å². The van der Waals surface area contributed by atoms with Crippen LogP contribution in [0.4, 0.5) is 11.1 Å². The molecule has 0 unspecified atom stereocenters. The number of carbonyl (C=O) groups excluding carboxylic acids is 1. The first kappa shape index (κ1) is 17.7. The van der Waals surface area contributed by atoms with Crippen molar-refractivity contribution in [2.45, 2.75) is 26.5 Å². The van der Waals surface area contributed by atoms with Crippen LogP contribution in [-0.2, 0) is 6.54 Å². The number of hydrogen-bond acceptors (Lipinski definition) is 9. The largest absolute Gasteiger partial charge is 0.461 e. The Hall–Kier alpha value is -3.14. The van der Waals surface area contributed by atoms with Crippen molar-refractivity contribution in [3.63, 3.8) is 0 Å². The van der Waals surface area contributed by atoms with E-state index in [0.29, 0.717) is 11.7 Å². The topological polar surface area (TPSA) is 115 Å². The van der Waals surface area contributed by atoms with Gasteiger partial charge in [-0.3, -0.25) is 10.1 Å². The average molecular weight is 371 g/mol. The van der Waals surface area contributed by atoms with Gasteiger partial charge in [-0.15, -0.1) is 10.2 Å². The second-order valence-corrected chi connectivity index (χ2v) is 6.30. The number of amides is 1.